The van der Waals surface area contributed by atoms with Crippen LogP contribution in [-0.4, -0.2) is 38.3 Å². The second-order valence-electron chi connectivity index (χ2n) is 6.48. The summed E-state index contributed by atoms with van der Waals surface area (Å²) in [5.74, 6) is 0.471. The number of aromatic nitrogens is 5. The van der Waals surface area contributed by atoms with Crippen LogP contribution in [0.15, 0.2) is 77.8 Å². The van der Waals surface area contributed by atoms with Gasteiger partial charge < -0.3 is 0 Å². The topological polar surface area (TPSA) is 105 Å². The molecule has 0 saturated carbocycles. The molecule has 0 aliphatic carbocycles. The molecule has 10 heteroatoms. The highest BCUT2D eigenvalue weighted by atomic mass is 35.5. The van der Waals surface area contributed by atoms with Gasteiger partial charge in [0.15, 0.2) is 0 Å². The summed E-state index contributed by atoms with van der Waals surface area (Å²) in [6.45, 7) is 0.292. The lowest BCUT2D eigenvalue weighted by Gasteiger charge is -2.22. The fraction of sp³-hybridized carbons (Fsp3) is 0.100. The lowest BCUT2D eigenvalue weighted by Crippen LogP contribution is -2.30. The van der Waals surface area contributed by atoms with E-state index in [1.165, 1.54) is 16.4 Å². The zero-order valence-electron chi connectivity index (χ0n) is 15.7. The van der Waals surface area contributed by atoms with Crippen molar-refractivity contribution in [1.82, 2.24) is 29.9 Å². The molecule has 8 nitrogen and oxygen atoms in total. The minimum Gasteiger partial charge on any atom is -0.260 e. The number of hydrogen-bond donors (Lipinski definition) is 1. The number of halogens is 1. The summed E-state index contributed by atoms with van der Waals surface area (Å²) in [5, 5.41) is 14.2. The molecule has 0 unspecified atom stereocenters. The molecule has 2 heterocycles. The molecule has 0 atom stereocenters. The third-order valence-corrected chi connectivity index (χ3v) is 6.44. The molecule has 0 aliphatic rings. The summed E-state index contributed by atoms with van der Waals surface area (Å²) in [6.07, 6.45) is 1.64. The molecule has 2 aromatic carbocycles. The first-order chi connectivity index (χ1) is 14.5. The van der Waals surface area contributed by atoms with Crippen molar-refractivity contribution in [2.24, 2.45) is 0 Å². The molecule has 0 aliphatic heterocycles. The van der Waals surface area contributed by atoms with E-state index in [1.54, 1.807) is 30.5 Å². The van der Waals surface area contributed by atoms with Gasteiger partial charge in [0.1, 0.15) is 0 Å². The molecule has 152 valence electrons. The van der Waals surface area contributed by atoms with Crippen LogP contribution in [0, 0.1) is 0 Å². The standard InChI is InChI=1S/C20H17ClN6O2S/c21-17-4-3-6-19(12-17)30(28,29)27(14-18-5-1-2-11-22-18)13-15-7-9-16(10-8-15)20-23-25-26-24-20/h1-12H,13-14H2,(H,23,24,25,26). The maximum atomic E-state index is 13.4. The van der Waals surface area contributed by atoms with Crippen molar-refractivity contribution in [3.8, 4) is 11.4 Å². The van der Waals surface area contributed by atoms with Gasteiger partial charge in [-0.3, -0.25) is 4.98 Å². The molecule has 0 saturated heterocycles. The number of tetrazole rings is 1. The summed E-state index contributed by atoms with van der Waals surface area (Å²) in [4.78, 5) is 4.41. The van der Waals surface area contributed by atoms with Crippen molar-refractivity contribution in [2.75, 3.05) is 0 Å². The summed E-state index contributed by atoms with van der Waals surface area (Å²) < 4.78 is 28.1. The highest BCUT2D eigenvalue weighted by Crippen LogP contribution is 2.24. The molecule has 0 fully saturated rings. The van der Waals surface area contributed by atoms with Crippen LogP contribution in [0.5, 0.6) is 0 Å². The monoisotopic (exact) mass is 440 g/mol. The van der Waals surface area contributed by atoms with E-state index in [9.17, 15) is 8.42 Å². The minimum atomic E-state index is -3.80. The average Bonchev–Trinajstić information content (AvgIpc) is 3.29. The van der Waals surface area contributed by atoms with Crippen LogP contribution in [-0.2, 0) is 23.1 Å². The Labute approximate surface area is 178 Å². The van der Waals surface area contributed by atoms with Crippen LogP contribution >= 0.6 is 11.6 Å². The van der Waals surface area contributed by atoms with E-state index in [0.29, 0.717) is 16.5 Å². The summed E-state index contributed by atoms with van der Waals surface area (Å²) in [6, 6.07) is 19.0. The predicted molar refractivity (Wildman–Crippen MR) is 112 cm³/mol. The number of nitrogens with zero attached hydrogens (tertiary/aromatic N) is 5. The van der Waals surface area contributed by atoms with E-state index in [4.69, 9.17) is 11.6 Å². The van der Waals surface area contributed by atoms with Crippen LogP contribution in [0.25, 0.3) is 11.4 Å². The van der Waals surface area contributed by atoms with E-state index in [2.05, 4.69) is 25.6 Å². The number of rotatable bonds is 7. The Kier molecular flexibility index (Phi) is 5.84. The van der Waals surface area contributed by atoms with Gasteiger partial charge in [0.05, 0.1) is 17.1 Å². The number of pyridine rings is 1. The Balaban J connectivity index is 1.65. The second-order valence-corrected chi connectivity index (χ2v) is 8.86. The van der Waals surface area contributed by atoms with Crippen molar-refractivity contribution in [3.63, 3.8) is 0 Å². The van der Waals surface area contributed by atoms with Crippen molar-refractivity contribution in [2.45, 2.75) is 18.0 Å². The average molecular weight is 441 g/mol. The smallest absolute Gasteiger partial charge is 0.243 e. The first-order valence-electron chi connectivity index (χ1n) is 9.01. The van der Waals surface area contributed by atoms with Gasteiger partial charge in [-0.25, -0.2) is 8.42 Å². The molecule has 4 aromatic rings. The Hall–Kier alpha value is -3.14. The Morgan fingerprint density at radius 2 is 1.80 bits per heavy atom. The quantitative estimate of drug-likeness (QED) is 0.472. The molecule has 0 amide bonds. The SMILES string of the molecule is O=S(=O)(c1cccc(Cl)c1)N(Cc1ccc(-c2nn[nH]n2)cc1)Cc1ccccn1. The third kappa shape index (κ3) is 4.54. The molecule has 0 spiro atoms. The molecule has 0 radical (unpaired) electrons. The lowest BCUT2D eigenvalue weighted by atomic mass is 10.1. The second kappa shape index (κ2) is 8.70. The van der Waals surface area contributed by atoms with Crippen LogP contribution < -0.4 is 0 Å². The number of sulfonamides is 1. The zero-order chi connectivity index (χ0) is 21.0. The molecular formula is C20H17ClN6O2S. The van der Waals surface area contributed by atoms with Crippen molar-refractivity contribution in [1.29, 1.82) is 0 Å². The van der Waals surface area contributed by atoms with E-state index in [-0.39, 0.29) is 18.0 Å². The lowest BCUT2D eigenvalue weighted by molar-refractivity contribution is 0.397. The van der Waals surface area contributed by atoms with Crippen molar-refractivity contribution < 1.29 is 8.42 Å². The highest BCUT2D eigenvalue weighted by molar-refractivity contribution is 7.89. The van der Waals surface area contributed by atoms with Gasteiger partial charge in [0, 0.05) is 23.3 Å². The van der Waals surface area contributed by atoms with Crippen LogP contribution in [0.4, 0.5) is 0 Å². The number of hydrogen-bond acceptors (Lipinski definition) is 6. The number of H-pyrrole nitrogens is 1. The van der Waals surface area contributed by atoms with E-state index in [0.717, 1.165) is 11.1 Å². The molecular weight excluding hydrogens is 424 g/mol. The maximum Gasteiger partial charge on any atom is 0.243 e. The summed E-state index contributed by atoms with van der Waals surface area (Å²) >= 11 is 6.03. The number of aromatic amines is 1. The molecule has 30 heavy (non-hydrogen) atoms. The summed E-state index contributed by atoms with van der Waals surface area (Å²) in [7, 11) is -3.80. The number of nitrogens with one attached hydrogen (secondary N) is 1. The van der Waals surface area contributed by atoms with Gasteiger partial charge in [-0.1, -0.05) is 48.0 Å². The van der Waals surface area contributed by atoms with Gasteiger partial charge in [0.25, 0.3) is 0 Å². The van der Waals surface area contributed by atoms with E-state index < -0.39 is 10.0 Å². The fourth-order valence-corrected chi connectivity index (χ4v) is 4.62. The molecule has 0 bridgehead atoms. The van der Waals surface area contributed by atoms with E-state index >= 15 is 0 Å². The predicted octanol–water partition coefficient (Wildman–Crippen LogP) is 3.31. The van der Waals surface area contributed by atoms with Gasteiger partial charge in [-0.2, -0.15) is 9.52 Å². The fourth-order valence-electron chi connectivity index (χ4n) is 2.92. The molecule has 1 N–H and O–H groups in total. The van der Waals surface area contributed by atoms with Gasteiger partial charge >= 0.3 is 0 Å². The molecule has 4 rings (SSSR count). The molecule has 2 aromatic heterocycles. The maximum absolute atomic E-state index is 13.4. The van der Waals surface area contributed by atoms with Crippen LogP contribution in [0.2, 0.25) is 5.02 Å². The normalized spacial score (nSPS) is 11.7. The largest absolute Gasteiger partial charge is 0.260 e. The Morgan fingerprint density at radius 3 is 2.47 bits per heavy atom. The van der Waals surface area contributed by atoms with Gasteiger partial charge in [-0.15, -0.1) is 10.2 Å². The minimum absolute atomic E-state index is 0.127. The van der Waals surface area contributed by atoms with E-state index in [1.807, 2.05) is 30.3 Å². The van der Waals surface area contributed by atoms with Crippen molar-refractivity contribution >= 4 is 21.6 Å². The first kappa shape index (κ1) is 20.1. The van der Waals surface area contributed by atoms with Gasteiger partial charge in [0.2, 0.25) is 15.8 Å². The Bertz CT molecular complexity index is 1220. The van der Waals surface area contributed by atoms with Gasteiger partial charge in [-0.05, 0) is 41.1 Å². The first-order valence-corrected chi connectivity index (χ1v) is 10.8. The Morgan fingerprint density at radius 1 is 0.967 bits per heavy atom. The van der Waals surface area contributed by atoms with Crippen LogP contribution in [0.1, 0.15) is 11.3 Å². The highest BCUT2D eigenvalue weighted by Gasteiger charge is 2.25. The zero-order valence-corrected chi connectivity index (χ0v) is 17.3. The number of benzene rings is 2. The van der Waals surface area contributed by atoms with Crippen LogP contribution in [0.3, 0.4) is 0 Å². The van der Waals surface area contributed by atoms with Crippen molar-refractivity contribution in [3.05, 3.63) is 89.2 Å². The summed E-state index contributed by atoms with van der Waals surface area (Å²) in [5.41, 5.74) is 2.23. The third-order valence-electron chi connectivity index (χ3n) is 4.41.